The molecule has 2 rings (SSSR count). The number of alkyl halides is 3. The monoisotopic (exact) mass is 292 g/mol. The summed E-state index contributed by atoms with van der Waals surface area (Å²) in [5.41, 5.74) is 0.811. The number of nitrogens with one attached hydrogen (secondary N) is 1. The van der Waals surface area contributed by atoms with E-state index in [1.807, 2.05) is 0 Å². The highest BCUT2D eigenvalue weighted by molar-refractivity contribution is 6.30. The number of aromatic nitrogens is 1. The molecule has 6 heteroatoms. The fourth-order valence-electron chi connectivity index (χ4n) is 2.46. The van der Waals surface area contributed by atoms with E-state index in [1.54, 1.807) is 18.5 Å². The van der Waals surface area contributed by atoms with Gasteiger partial charge in [0.1, 0.15) is 0 Å². The zero-order valence-corrected chi connectivity index (χ0v) is 11.1. The van der Waals surface area contributed by atoms with E-state index in [1.165, 1.54) is 0 Å². The molecule has 0 aromatic carbocycles. The van der Waals surface area contributed by atoms with Crippen LogP contribution in [0.5, 0.6) is 0 Å². The Labute approximate surface area is 115 Å². The Kier molecular flexibility index (Phi) is 4.55. The Morgan fingerprint density at radius 3 is 2.47 bits per heavy atom. The first-order chi connectivity index (χ1) is 8.95. The number of pyridine rings is 1. The Balaban J connectivity index is 1.77. The fourth-order valence-corrected chi connectivity index (χ4v) is 2.64. The van der Waals surface area contributed by atoms with Crippen LogP contribution in [0.3, 0.4) is 0 Å². The molecule has 1 aliphatic rings. The average molecular weight is 293 g/mol. The molecule has 1 aliphatic carbocycles. The molecular weight excluding hydrogens is 277 g/mol. The second kappa shape index (κ2) is 5.99. The number of anilines is 1. The van der Waals surface area contributed by atoms with Crippen molar-refractivity contribution in [2.24, 2.45) is 11.8 Å². The van der Waals surface area contributed by atoms with Gasteiger partial charge in [-0.25, -0.2) is 0 Å². The molecule has 1 saturated carbocycles. The molecule has 1 heterocycles. The van der Waals surface area contributed by atoms with Crippen molar-refractivity contribution < 1.29 is 13.2 Å². The van der Waals surface area contributed by atoms with Crippen molar-refractivity contribution in [2.75, 3.05) is 11.9 Å². The smallest absolute Gasteiger partial charge is 0.383 e. The summed E-state index contributed by atoms with van der Waals surface area (Å²) in [4.78, 5) is 3.95. The van der Waals surface area contributed by atoms with E-state index in [9.17, 15) is 13.2 Å². The minimum absolute atomic E-state index is 0.240. The van der Waals surface area contributed by atoms with E-state index < -0.39 is 12.1 Å². The molecule has 2 nitrogen and oxygen atoms in total. The van der Waals surface area contributed by atoms with Crippen molar-refractivity contribution in [1.29, 1.82) is 0 Å². The maximum Gasteiger partial charge on any atom is 0.391 e. The third-order valence-corrected chi connectivity index (χ3v) is 3.82. The zero-order chi connectivity index (χ0) is 13.9. The Hall–Kier alpha value is -0.970. The molecule has 0 spiro atoms. The first-order valence-electron chi connectivity index (χ1n) is 6.36. The van der Waals surface area contributed by atoms with Crippen molar-refractivity contribution in [3.8, 4) is 0 Å². The van der Waals surface area contributed by atoms with Gasteiger partial charge in [0, 0.05) is 12.7 Å². The Morgan fingerprint density at radius 1 is 1.21 bits per heavy atom. The number of rotatable bonds is 3. The first kappa shape index (κ1) is 14.4. The van der Waals surface area contributed by atoms with E-state index in [-0.39, 0.29) is 18.8 Å². The van der Waals surface area contributed by atoms with Crippen LogP contribution in [0, 0.1) is 11.8 Å². The van der Waals surface area contributed by atoms with Gasteiger partial charge >= 0.3 is 6.18 Å². The van der Waals surface area contributed by atoms with Crippen molar-refractivity contribution >= 4 is 17.3 Å². The summed E-state index contributed by atoms with van der Waals surface area (Å²) >= 11 is 5.81. The topological polar surface area (TPSA) is 24.9 Å². The number of halogens is 4. The lowest BCUT2D eigenvalue weighted by Crippen LogP contribution is -2.29. The van der Waals surface area contributed by atoms with Crippen molar-refractivity contribution in [2.45, 2.75) is 31.9 Å². The highest BCUT2D eigenvalue weighted by Crippen LogP contribution is 2.39. The van der Waals surface area contributed by atoms with Gasteiger partial charge in [-0.05, 0) is 37.7 Å². The quantitative estimate of drug-likeness (QED) is 0.886. The second-order valence-electron chi connectivity index (χ2n) is 5.03. The van der Waals surface area contributed by atoms with Crippen LogP contribution in [0.25, 0.3) is 0 Å². The van der Waals surface area contributed by atoms with Crippen LogP contribution in [-0.4, -0.2) is 17.7 Å². The fraction of sp³-hybridized carbons (Fsp3) is 0.615. The molecule has 1 aromatic rings. The van der Waals surface area contributed by atoms with Gasteiger partial charge in [0.05, 0.1) is 22.8 Å². The Morgan fingerprint density at radius 2 is 1.89 bits per heavy atom. The third kappa shape index (κ3) is 4.27. The number of hydrogen-bond donors (Lipinski definition) is 1. The van der Waals surface area contributed by atoms with Gasteiger partial charge in [0.25, 0.3) is 0 Å². The predicted molar refractivity (Wildman–Crippen MR) is 69.2 cm³/mol. The standard InChI is InChI=1S/C13H16ClF3N2/c14-11-5-12(8-18-7-11)19-6-9-1-3-10(4-2-9)13(15,16)17/h5,7-10,19H,1-4,6H2. The van der Waals surface area contributed by atoms with Crippen molar-refractivity contribution in [1.82, 2.24) is 4.98 Å². The van der Waals surface area contributed by atoms with E-state index in [2.05, 4.69) is 10.3 Å². The van der Waals surface area contributed by atoms with Crippen molar-refractivity contribution in [3.63, 3.8) is 0 Å². The van der Waals surface area contributed by atoms with Gasteiger partial charge < -0.3 is 5.32 Å². The summed E-state index contributed by atoms with van der Waals surface area (Å²) in [7, 11) is 0. The van der Waals surface area contributed by atoms with Crippen LogP contribution in [0.4, 0.5) is 18.9 Å². The second-order valence-corrected chi connectivity index (χ2v) is 5.47. The number of nitrogens with zero attached hydrogens (tertiary/aromatic N) is 1. The van der Waals surface area contributed by atoms with Gasteiger partial charge in [0.15, 0.2) is 0 Å². The van der Waals surface area contributed by atoms with Gasteiger partial charge in [-0.15, -0.1) is 0 Å². The highest BCUT2D eigenvalue weighted by Gasteiger charge is 2.41. The molecule has 0 radical (unpaired) electrons. The lowest BCUT2D eigenvalue weighted by molar-refractivity contribution is -0.183. The number of hydrogen-bond acceptors (Lipinski definition) is 2. The minimum atomic E-state index is -4.03. The van der Waals surface area contributed by atoms with Gasteiger partial charge in [-0.2, -0.15) is 13.2 Å². The summed E-state index contributed by atoms with van der Waals surface area (Å²) in [5, 5.41) is 3.73. The maximum atomic E-state index is 12.5. The van der Waals surface area contributed by atoms with Crippen molar-refractivity contribution in [3.05, 3.63) is 23.5 Å². The summed E-state index contributed by atoms with van der Waals surface area (Å²) in [6.45, 7) is 0.673. The minimum Gasteiger partial charge on any atom is -0.383 e. The maximum absolute atomic E-state index is 12.5. The van der Waals surface area contributed by atoms with Gasteiger partial charge in [-0.1, -0.05) is 11.6 Å². The van der Waals surface area contributed by atoms with Gasteiger partial charge in [0.2, 0.25) is 0 Å². The van der Waals surface area contributed by atoms with E-state index in [0.717, 1.165) is 5.69 Å². The zero-order valence-electron chi connectivity index (χ0n) is 10.4. The average Bonchev–Trinajstić information content (AvgIpc) is 2.36. The molecular formula is C13H16ClF3N2. The van der Waals surface area contributed by atoms with Crippen LogP contribution in [0.2, 0.25) is 5.02 Å². The molecule has 106 valence electrons. The SMILES string of the molecule is FC(F)(F)C1CCC(CNc2cncc(Cl)c2)CC1. The molecule has 0 unspecified atom stereocenters. The molecule has 0 amide bonds. The summed E-state index contributed by atoms with van der Waals surface area (Å²) in [5.74, 6) is -0.825. The molecule has 0 aliphatic heterocycles. The summed E-state index contributed by atoms with van der Waals surface area (Å²) in [6, 6.07) is 1.76. The molecule has 0 saturated heterocycles. The lowest BCUT2D eigenvalue weighted by atomic mass is 9.81. The molecule has 19 heavy (non-hydrogen) atoms. The van der Waals surface area contributed by atoms with Crippen LogP contribution in [0.1, 0.15) is 25.7 Å². The van der Waals surface area contributed by atoms with Crippen LogP contribution >= 0.6 is 11.6 Å². The first-order valence-corrected chi connectivity index (χ1v) is 6.74. The van der Waals surface area contributed by atoms with Crippen LogP contribution in [0.15, 0.2) is 18.5 Å². The predicted octanol–water partition coefficient (Wildman–Crippen LogP) is 4.52. The van der Waals surface area contributed by atoms with E-state index >= 15 is 0 Å². The van der Waals surface area contributed by atoms with Crippen LogP contribution in [-0.2, 0) is 0 Å². The largest absolute Gasteiger partial charge is 0.391 e. The highest BCUT2D eigenvalue weighted by atomic mass is 35.5. The molecule has 1 N–H and O–H groups in total. The van der Waals surface area contributed by atoms with E-state index in [0.29, 0.717) is 24.4 Å². The van der Waals surface area contributed by atoms with E-state index in [4.69, 9.17) is 11.6 Å². The third-order valence-electron chi connectivity index (χ3n) is 3.61. The molecule has 0 bridgehead atoms. The summed E-state index contributed by atoms with van der Waals surface area (Å²) < 4.78 is 37.6. The molecule has 1 aromatic heterocycles. The molecule has 1 fully saturated rings. The molecule has 0 atom stereocenters. The normalized spacial score (nSPS) is 24.2. The summed E-state index contributed by atoms with van der Waals surface area (Å²) in [6.07, 6.45) is 0.882. The Bertz CT molecular complexity index is 415. The van der Waals surface area contributed by atoms with Gasteiger partial charge in [-0.3, -0.25) is 4.98 Å². The van der Waals surface area contributed by atoms with Crippen LogP contribution < -0.4 is 5.32 Å². The lowest BCUT2D eigenvalue weighted by Gasteiger charge is -2.30.